The zero-order valence-electron chi connectivity index (χ0n) is 19.3. The Bertz CT molecular complexity index is 1240. The first-order valence-corrected chi connectivity index (χ1v) is 12.4. The molecule has 1 saturated heterocycles. The van der Waals surface area contributed by atoms with Crippen molar-refractivity contribution in [2.45, 2.75) is 26.3 Å². The number of benzene rings is 2. The van der Waals surface area contributed by atoms with Gasteiger partial charge in [0, 0.05) is 42.7 Å². The molecule has 3 heterocycles. The number of thiazole rings is 1. The van der Waals surface area contributed by atoms with Crippen LogP contribution < -0.4 is 0 Å². The lowest BCUT2D eigenvalue weighted by molar-refractivity contribution is -0.132. The van der Waals surface area contributed by atoms with Crippen LogP contribution in [0, 0.1) is 6.92 Å². The SMILES string of the molecule is Cc1ccc(-c2noc(C(C)N3CCN(C(=O)Cc4csc(-c5ccccc5)n4)CC3)n2)cc1. The number of carbonyl (C=O) groups excluding carboxylic acids is 1. The molecule has 0 N–H and O–H groups in total. The zero-order valence-corrected chi connectivity index (χ0v) is 20.2. The standard InChI is InChI=1S/C26H27N5O2S/c1-18-8-10-20(11-9-18)24-28-25(33-29-24)19(2)30-12-14-31(15-13-30)23(32)16-22-17-34-26(27-22)21-6-4-3-5-7-21/h3-11,17,19H,12-16H2,1-2H3. The number of aryl methyl sites for hydroxylation is 1. The van der Waals surface area contributed by atoms with E-state index in [2.05, 4.69) is 33.9 Å². The monoisotopic (exact) mass is 473 g/mol. The Morgan fingerprint density at radius 2 is 1.74 bits per heavy atom. The maximum absolute atomic E-state index is 12.9. The van der Waals surface area contributed by atoms with Gasteiger partial charge in [0.15, 0.2) is 0 Å². The van der Waals surface area contributed by atoms with E-state index in [-0.39, 0.29) is 11.9 Å². The third kappa shape index (κ3) is 4.93. The van der Waals surface area contributed by atoms with Crippen LogP contribution in [0.4, 0.5) is 0 Å². The van der Waals surface area contributed by atoms with Crippen LogP contribution in [0.1, 0.15) is 30.1 Å². The molecule has 7 nitrogen and oxygen atoms in total. The molecule has 1 aliphatic rings. The van der Waals surface area contributed by atoms with Crippen LogP contribution in [0.15, 0.2) is 64.5 Å². The van der Waals surface area contributed by atoms with E-state index in [9.17, 15) is 4.79 Å². The minimum Gasteiger partial charge on any atom is -0.340 e. The molecule has 0 aliphatic carbocycles. The molecule has 0 radical (unpaired) electrons. The van der Waals surface area contributed by atoms with Crippen LogP contribution >= 0.6 is 11.3 Å². The van der Waals surface area contributed by atoms with Gasteiger partial charge in [0.25, 0.3) is 0 Å². The number of rotatable bonds is 6. The van der Waals surface area contributed by atoms with Crippen molar-refractivity contribution < 1.29 is 9.32 Å². The summed E-state index contributed by atoms with van der Waals surface area (Å²) in [6.45, 7) is 7.01. The second-order valence-corrected chi connectivity index (χ2v) is 9.46. The maximum atomic E-state index is 12.9. The number of carbonyl (C=O) groups is 1. The fourth-order valence-electron chi connectivity index (χ4n) is 4.11. The molecule has 1 fully saturated rings. The van der Waals surface area contributed by atoms with Crippen molar-refractivity contribution in [1.82, 2.24) is 24.9 Å². The lowest BCUT2D eigenvalue weighted by atomic mass is 10.1. The summed E-state index contributed by atoms with van der Waals surface area (Å²) in [5.74, 6) is 1.33. The van der Waals surface area contributed by atoms with Crippen LogP contribution in [0.2, 0.25) is 0 Å². The van der Waals surface area contributed by atoms with Gasteiger partial charge in [-0.15, -0.1) is 11.3 Å². The minimum atomic E-state index is -0.00378. The fourth-order valence-corrected chi connectivity index (χ4v) is 4.93. The van der Waals surface area contributed by atoms with Crippen LogP contribution in [0.25, 0.3) is 22.0 Å². The lowest BCUT2D eigenvalue weighted by Gasteiger charge is -2.36. The van der Waals surface area contributed by atoms with Gasteiger partial charge in [0.2, 0.25) is 17.6 Å². The Hall–Kier alpha value is -3.36. The predicted molar refractivity (Wildman–Crippen MR) is 132 cm³/mol. The first-order chi connectivity index (χ1) is 16.6. The Kier molecular flexibility index (Phi) is 6.51. The van der Waals surface area contributed by atoms with Gasteiger partial charge < -0.3 is 9.42 Å². The van der Waals surface area contributed by atoms with E-state index in [1.54, 1.807) is 11.3 Å². The molecule has 1 aliphatic heterocycles. The Morgan fingerprint density at radius 1 is 1.00 bits per heavy atom. The number of piperazine rings is 1. The fraction of sp³-hybridized carbons (Fsp3) is 0.308. The molecule has 2 aromatic heterocycles. The van der Waals surface area contributed by atoms with Crippen LogP contribution in [0.3, 0.4) is 0 Å². The van der Waals surface area contributed by atoms with Crippen molar-refractivity contribution in [1.29, 1.82) is 0 Å². The van der Waals surface area contributed by atoms with E-state index in [1.165, 1.54) is 5.56 Å². The third-order valence-electron chi connectivity index (χ3n) is 6.23. The van der Waals surface area contributed by atoms with Gasteiger partial charge in [-0.2, -0.15) is 4.98 Å². The van der Waals surface area contributed by atoms with Gasteiger partial charge >= 0.3 is 0 Å². The maximum Gasteiger partial charge on any atom is 0.244 e. The summed E-state index contributed by atoms with van der Waals surface area (Å²) < 4.78 is 5.57. The molecule has 0 spiro atoms. The molecular formula is C26H27N5O2S. The molecule has 1 unspecified atom stereocenters. The van der Waals surface area contributed by atoms with E-state index in [4.69, 9.17) is 4.52 Å². The van der Waals surface area contributed by atoms with Gasteiger partial charge in [0.05, 0.1) is 18.2 Å². The predicted octanol–water partition coefficient (Wildman–Crippen LogP) is 4.62. The third-order valence-corrected chi connectivity index (χ3v) is 7.17. The molecule has 5 rings (SSSR count). The minimum absolute atomic E-state index is 0.00378. The molecule has 8 heteroatoms. The Labute approximate surface area is 203 Å². The quantitative estimate of drug-likeness (QED) is 0.407. The highest BCUT2D eigenvalue weighted by Crippen LogP contribution is 2.25. The highest BCUT2D eigenvalue weighted by atomic mass is 32.1. The van der Waals surface area contributed by atoms with Gasteiger partial charge in [-0.25, -0.2) is 4.98 Å². The highest BCUT2D eigenvalue weighted by Gasteiger charge is 2.28. The summed E-state index contributed by atoms with van der Waals surface area (Å²) in [5, 5.41) is 7.10. The van der Waals surface area contributed by atoms with Crippen molar-refractivity contribution in [3.05, 3.63) is 77.1 Å². The van der Waals surface area contributed by atoms with Crippen molar-refractivity contribution in [3.63, 3.8) is 0 Å². The molecule has 1 atom stereocenters. The van der Waals surface area contributed by atoms with Gasteiger partial charge in [-0.1, -0.05) is 65.3 Å². The summed E-state index contributed by atoms with van der Waals surface area (Å²) in [6.07, 6.45) is 0.336. The molecule has 0 saturated carbocycles. The molecule has 1 amide bonds. The van der Waals surface area contributed by atoms with E-state index in [0.717, 1.165) is 34.9 Å². The number of hydrogen-bond donors (Lipinski definition) is 0. The second-order valence-electron chi connectivity index (χ2n) is 8.60. The molecule has 174 valence electrons. The van der Waals surface area contributed by atoms with Gasteiger partial charge in [-0.05, 0) is 13.8 Å². The zero-order chi connectivity index (χ0) is 23.5. The average Bonchev–Trinajstić information content (AvgIpc) is 3.55. The number of aromatic nitrogens is 3. The molecule has 2 aromatic carbocycles. The summed E-state index contributed by atoms with van der Waals surface area (Å²) in [7, 11) is 0. The van der Waals surface area contributed by atoms with Crippen molar-refractivity contribution in [2.24, 2.45) is 0 Å². The smallest absolute Gasteiger partial charge is 0.244 e. The van der Waals surface area contributed by atoms with Crippen molar-refractivity contribution >= 4 is 17.2 Å². The molecule has 34 heavy (non-hydrogen) atoms. The van der Waals surface area contributed by atoms with Crippen LogP contribution in [-0.2, 0) is 11.2 Å². The van der Waals surface area contributed by atoms with E-state index >= 15 is 0 Å². The Balaban J connectivity index is 1.15. The lowest BCUT2D eigenvalue weighted by Crippen LogP contribution is -2.49. The van der Waals surface area contributed by atoms with E-state index in [1.807, 2.05) is 64.9 Å². The first kappa shape index (κ1) is 22.4. The number of hydrogen-bond acceptors (Lipinski definition) is 7. The van der Waals surface area contributed by atoms with E-state index < -0.39 is 0 Å². The van der Waals surface area contributed by atoms with Gasteiger partial charge in [0.1, 0.15) is 5.01 Å². The van der Waals surface area contributed by atoms with Gasteiger partial charge in [-0.3, -0.25) is 9.69 Å². The molecule has 4 aromatic rings. The first-order valence-electron chi connectivity index (χ1n) is 11.5. The second kappa shape index (κ2) is 9.87. The average molecular weight is 474 g/mol. The van der Waals surface area contributed by atoms with Crippen molar-refractivity contribution in [3.8, 4) is 22.0 Å². The summed E-state index contributed by atoms with van der Waals surface area (Å²) in [4.78, 5) is 26.4. The topological polar surface area (TPSA) is 75.4 Å². The Morgan fingerprint density at radius 3 is 2.47 bits per heavy atom. The normalized spacial score (nSPS) is 15.4. The van der Waals surface area contributed by atoms with Crippen molar-refractivity contribution in [2.75, 3.05) is 26.2 Å². The van der Waals surface area contributed by atoms with E-state index in [0.29, 0.717) is 31.2 Å². The molecular weight excluding hydrogens is 446 g/mol. The summed E-state index contributed by atoms with van der Waals surface area (Å²) in [5.41, 5.74) is 4.06. The summed E-state index contributed by atoms with van der Waals surface area (Å²) >= 11 is 1.58. The van der Waals surface area contributed by atoms with Crippen LogP contribution in [0.5, 0.6) is 0 Å². The summed E-state index contributed by atoms with van der Waals surface area (Å²) in [6, 6.07) is 18.2. The molecule has 0 bridgehead atoms. The number of amides is 1. The number of nitrogens with zero attached hydrogens (tertiary/aromatic N) is 5. The highest BCUT2D eigenvalue weighted by molar-refractivity contribution is 7.13. The van der Waals surface area contributed by atoms with Crippen LogP contribution in [-0.4, -0.2) is 57.0 Å². The largest absolute Gasteiger partial charge is 0.340 e.